The Bertz CT molecular complexity index is 333. The Labute approximate surface area is 104 Å². The molecule has 17 heavy (non-hydrogen) atoms. The number of nitrogens with zero attached hydrogens (tertiary/aromatic N) is 2. The second-order valence-electron chi connectivity index (χ2n) is 5.11. The van der Waals surface area contributed by atoms with E-state index in [9.17, 15) is 8.42 Å². The molecule has 6 heteroatoms. The SMILES string of the molecule is CN(CC1CCCNC1)S(=O)(=O)N1CCCC1. The Hall–Kier alpha value is -0.170. The molecule has 100 valence electrons. The summed E-state index contributed by atoms with van der Waals surface area (Å²) in [4.78, 5) is 0. The summed E-state index contributed by atoms with van der Waals surface area (Å²) in [6.45, 7) is 4.04. The van der Waals surface area contributed by atoms with Crippen LogP contribution in [0.1, 0.15) is 25.7 Å². The molecule has 0 aromatic rings. The topological polar surface area (TPSA) is 52.7 Å². The normalized spacial score (nSPS) is 27.8. The van der Waals surface area contributed by atoms with Crippen molar-refractivity contribution < 1.29 is 8.42 Å². The zero-order valence-electron chi connectivity index (χ0n) is 10.6. The van der Waals surface area contributed by atoms with E-state index < -0.39 is 10.2 Å². The Morgan fingerprint density at radius 2 is 2.00 bits per heavy atom. The summed E-state index contributed by atoms with van der Waals surface area (Å²) in [7, 11) is -1.49. The van der Waals surface area contributed by atoms with Crippen LogP contribution in [0.25, 0.3) is 0 Å². The molecule has 0 aromatic heterocycles. The first-order valence-electron chi connectivity index (χ1n) is 6.53. The minimum Gasteiger partial charge on any atom is -0.316 e. The summed E-state index contributed by atoms with van der Waals surface area (Å²) in [5, 5.41) is 3.33. The third-order valence-electron chi connectivity index (χ3n) is 3.70. The first-order valence-corrected chi connectivity index (χ1v) is 7.92. The van der Waals surface area contributed by atoms with Crippen LogP contribution in [-0.2, 0) is 10.2 Å². The smallest absolute Gasteiger partial charge is 0.281 e. The van der Waals surface area contributed by atoms with Gasteiger partial charge in [0.2, 0.25) is 0 Å². The Morgan fingerprint density at radius 3 is 2.59 bits per heavy atom. The second kappa shape index (κ2) is 5.65. The molecule has 2 fully saturated rings. The van der Waals surface area contributed by atoms with E-state index >= 15 is 0 Å². The van der Waals surface area contributed by atoms with E-state index in [4.69, 9.17) is 0 Å². The molecule has 0 aromatic carbocycles. The van der Waals surface area contributed by atoms with Crippen LogP contribution in [0.3, 0.4) is 0 Å². The van der Waals surface area contributed by atoms with Crippen molar-refractivity contribution in [2.45, 2.75) is 25.7 Å². The highest BCUT2D eigenvalue weighted by Gasteiger charge is 2.30. The van der Waals surface area contributed by atoms with Crippen molar-refractivity contribution in [1.82, 2.24) is 13.9 Å². The van der Waals surface area contributed by atoms with Gasteiger partial charge in [-0.2, -0.15) is 17.0 Å². The van der Waals surface area contributed by atoms with Gasteiger partial charge in [0.05, 0.1) is 0 Å². The fourth-order valence-corrected chi connectivity index (χ4v) is 4.17. The molecule has 1 atom stereocenters. The van der Waals surface area contributed by atoms with Crippen LogP contribution in [0, 0.1) is 5.92 Å². The Kier molecular flexibility index (Phi) is 4.41. The summed E-state index contributed by atoms with van der Waals surface area (Å²) in [6, 6.07) is 0. The quantitative estimate of drug-likeness (QED) is 0.790. The molecule has 1 N–H and O–H groups in total. The van der Waals surface area contributed by atoms with Crippen LogP contribution >= 0.6 is 0 Å². The maximum atomic E-state index is 12.2. The molecule has 2 aliphatic heterocycles. The second-order valence-corrected chi connectivity index (χ2v) is 7.14. The number of hydrogen-bond donors (Lipinski definition) is 1. The molecule has 2 aliphatic rings. The molecule has 2 rings (SSSR count). The molecule has 5 nitrogen and oxygen atoms in total. The number of rotatable bonds is 4. The summed E-state index contributed by atoms with van der Waals surface area (Å²) in [5.41, 5.74) is 0. The zero-order chi connectivity index (χ0) is 12.3. The maximum Gasteiger partial charge on any atom is 0.281 e. The Morgan fingerprint density at radius 1 is 1.29 bits per heavy atom. The van der Waals surface area contributed by atoms with Gasteiger partial charge in [0, 0.05) is 26.7 Å². The fourth-order valence-electron chi connectivity index (χ4n) is 2.65. The molecule has 0 radical (unpaired) electrons. The van der Waals surface area contributed by atoms with E-state index in [1.165, 1.54) is 4.31 Å². The van der Waals surface area contributed by atoms with Gasteiger partial charge in [0.25, 0.3) is 10.2 Å². The average molecular weight is 261 g/mol. The molecule has 0 amide bonds. The molecule has 2 saturated heterocycles. The van der Waals surface area contributed by atoms with Gasteiger partial charge in [-0.1, -0.05) is 0 Å². The van der Waals surface area contributed by atoms with Crippen molar-refractivity contribution >= 4 is 10.2 Å². The van der Waals surface area contributed by atoms with Crippen molar-refractivity contribution in [3.05, 3.63) is 0 Å². The first-order chi connectivity index (χ1) is 8.10. The lowest BCUT2D eigenvalue weighted by molar-refractivity contribution is 0.301. The predicted molar refractivity (Wildman–Crippen MR) is 68.0 cm³/mol. The van der Waals surface area contributed by atoms with Crippen molar-refractivity contribution in [2.75, 3.05) is 39.8 Å². The van der Waals surface area contributed by atoms with Crippen molar-refractivity contribution in [1.29, 1.82) is 0 Å². The van der Waals surface area contributed by atoms with Crippen LogP contribution in [0.2, 0.25) is 0 Å². The van der Waals surface area contributed by atoms with E-state index in [0.29, 0.717) is 25.6 Å². The average Bonchev–Trinajstić information content (AvgIpc) is 2.84. The number of piperidine rings is 1. The van der Waals surface area contributed by atoms with Gasteiger partial charge in [0.1, 0.15) is 0 Å². The van der Waals surface area contributed by atoms with Gasteiger partial charge < -0.3 is 5.32 Å². The van der Waals surface area contributed by atoms with Gasteiger partial charge in [-0.15, -0.1) is 0 Å². The van der Waals surface area contributed by atoms with E-state index in [-0.39, 0.29) is 0 Å². The van der Waals surface area contributed by atoms with Crippen LogP contribution in [0.15, 0.2) is 0 Å². The standard InChI is InChI=1S/C11H23N3O2S/c1-13(10-11-5-4-6-12-9-11)17(15,16)14-7-2-3-8-14/h11-12H,2-10H2,1H3. The van der Waals surface area contributed by atoms with E-state index in [2.05, 4.69) is 5.32 Å². The largest absolute Gasteiger partial charge is 0.316 e. The molecular weight excluding hydrogens is 238 g/mol. The highest BCUT2D eigenvalue weighted by atomic mass is 32.2. The van der Waals surface area contributed by atoms with Crippen LogP contribution in [0.5, 0.6) is 0 Å². The first kappa shape index (κ1) is 13.3. The predicted octanol–water partition coefficient (Wildman–Crippen LogP) is 0.258. The Balaban J connectivity index is 1.91. The maximum absolute atomic E-state index is 12.2. The lowest BCUT2D eigenvalue weighted by Gasteiger charge is -2.29. The summed E-state index contributed by atoms with van der Waals surface area (Å²) in [6.07, 6.45) is 4.28. The van der Waals surface area contributed by atoms with E-state index in [1.807, 2.05) is 0 Å². The van der Waals surface area contributed by atoms with Crippen LogP contribution in [-0.4, -0.2) is 56.8 Å². The zero-order valence-corrected chi connectivity index (χ0v) is 11.4. The highest BCUT2D eigenvalue weighted by molar-refractivity contribution is 7.86. The highest BCUT2D eigenvalue weighted by Crippen LogP contribution is 2.18. The monoisotopic (exact) mass is 261 g/mol. The molecule has 0 saturated carbocycles. The molecule has 0 aliphatic carbocycles. The van der Waals surface area contributed by atoms with E-state index in [1.54, 1.807) is 11.4 Å². The van der Waals surface area contributed by atoms with Gasteiger partial charge in [-0.25, -0.2) is 0 Å². The lowest BCUT2D eigenvalue weighted by atomic mass is 10.00. The third kappa shape index (κ3) is 3.19. The minimum absolute atomic E-state index is 0.464. The molecule has 2 heterocycles. The van der Waals surface area contributed by atoms with Gasteiger partial charge in [0.15, 0.2) is 0 Å². The van der Waals surface area contributed by atoms with E-state index in [0.717, 1.165) is 38.8 Å². The molecule has 0 spiro atoms. The van der Waals surface area contributed by atoms with Gasteiger partial charge >= 0.3 is 0 Å². The molecular formula is C11H23N3O2S. The van der Waals surface area contributed by atoms with Crippen LogP contribution in [0.4, 0.5) is 0 Å². The number of nitrogens with one attached hydrogen (secondary N) is 1. The third-order valence-corrected chi connectivity index (χ3v) is 5.65. The van der Waals surface area contributed by atoms with Crippen molar-refractivity contribution in [2.24, 2.45) is 5.92 Å². The van der Waals surface area contributed by atoms with Gasteiger partial charge in [-0.3, -0.25) is 0 Å². The minimum atomic E-state index is -3.20. The fraction of sp³-hybridized carbons (Fsp3) is 1.00. The number of hydrogen-bond acceptors (Lipinski definition) is 3. The van der Waals surface area contributed by atoms with Crippen molar-refractivity contribution in [3.63, 3.8) is 0 Å². The molecule has 1 unspecified atom stereocenters. The summed E-state index contributed by atoms with van der Waals surface area (Å²) >= 11 is 0. The van der Waals surface area contributed by atoms with Crippen LogP contribution < -0.4 is 5.32 Å². The summed E-state index contributed by atoms with van der Waals surface area (Å²) < 4.78 is 27.6. The van der Waals surface area contributed by atoms with Gasteiger partial charge in [-0.05, 0) is 44.7 Å². The lowest BCUT2D eigenvalue weighted by Crippen LogP contribution is -2.44. The summed E-state index contributed by atoms with van der Waals surface area (Å²) in [5.74, 6) is 0.464. The molecule has 0 bridgehead atoms. The van der Waals surface area contributed by atoms with Crippen molar-refractivity contribution in [3.8, 4) is 0 Å².